The molecule has 0 amide bonds. The molecule has 106 valence electrons. The van der Waals surface area contributed by atoms with Gasteiger partial charge in [0.2, 0.25) is 0 Å². The molecule has 1 saturated carbocycles. The summed E-state index contributed by atoms with van der Waals surface area (Å²) in [5, 5.41) is 3.58. The van der Waals surface area contributed by atoms with E-state index in [1.807, 2.05) is 12.1 Å². The summed E-state index contributed by atoms with van der Waals surface area (Å²) >= 11 is 0. The van der Waals surface area contributed by atoms with Crippen molar-refractivity contribution < 1.29 is 4.74 Å². The van der Waals surface area contributed by atoms with Gasteiger partial charge in [0.1, 0.15) is 5.75 Å². The van der Waals surface area contributed by atoms with E-state index in [2.05, 4.69) is 36.3 Å². The smallest absolute Gasteiger partial charge is 0.118 e. The normalized spacial score (nSPS) is 16.6. The van der Waals surface area contributed by atoms with E-state index in [-0.39, 0.29) is 0 Å². The molecule has 0 aliphatic heterocycles. The first-order chi connectivity index (χ1) is 9.19. The zero-order valence-corrected chi connectivity index (χ0v) is 12.4. The van der Waals surface area contributed by atoms with Crippen LogP contribution in [0.4, 0.5) is 0 Å². The van der Waals surface area contributed by atoms with Gasteiger partial charge in [-0.3, -0.25) is 4.90 Å². The average Bonchev–Trinajstić information content (AvgIpc) is 3.23. The third-order valence-electron chi connectivity index (χ3n) is 3.92. The predicted molar refractivity (Wildman–Crippen MR) is 79.6 cm³/mol. The molecule has 3 nitrogen and oxygen atoms in total. The minimum atomic E-state index is 0.605. The molecule has 0 bridgehead atoms. The van der Waals surface area contributed by atoms with E-state index >= 15 is 0 Å². The van der Waals surface area contributed by atoms with Crippen molar-refractivity contribution in [3.63, 3.8) is 0 Å². The fraction of sp³-hybridized carbons (Fsp3) is 0.625. The Morgan fingerprint density at radius 2 is 2.00 bits per heavy atom. The third kappa shape index (κ3) is 4.84. The van der Waals surface area contributed by atoms with Gasteiger partial charge in [0.05, 0.1) is 7.11 Å². The fourth-order valence-electron chi connectivity index (χ4n) is 2.18. The molecule has 1 aromatic carbocycles. The number of nitrogens with one attached hydrogen (secondary N) is 1. The molecule has 1 aliphatic rings. The highest BCUT2D eigenvalue weighted by Crippen LogP contribution is 2.19. The van der Waals surface area contributed by atoms with Crippen LogP contribution in [-0.2, 0) is 6.54 Å². The summed E-state index contributed by atoms with van der Waals surface area (Å²) in [7, 11) is 3.90. The molecule has 1 atom stereocenters. The first-order valence-corrected chi connectivity index (χ1v) is 7.25. The van der Waals surface area contributed by atoms with Gasteiger partial charge in [-0.1, -0.05) is 12.1 Å². The number of hydrogen-bond donors (Lipinski definition) is 1. The van der Waals surface area contributed by atoms with E-state index in [0.717, 1.165) is 24.9 Å². The zero-order chi connectivity index (χ0) is 13.7. The lowest BCUT2D eigenvalue weighted by molar-refractivity contribution is 0.236. The van der Waals surface area contributed by atoms with E-state index in [1.165, 1.54) is 24.8 Å². The number of nitrogens with zero attached hydrogens (tertiary/aromatic N) is 1. The molecule has 0 spiro atoms. The third-order valence-corrected chi connectivity index (χ3v) is 3.92. The van der Waals surface area contributed by atoms with Crippen LogP contribution in [0.2, 0.25) is 0 Å². The molecule has 1 fully saturated rings. The molecule has 0 aromatic heterocycles. The molecule has 0 heterocycles. The van der Waals surface area contributed by atoms with Crippen molar-refractivity contribution in [2.45, 2.75) is 44.8 Å². The average molecular weight is 262 g/mol. The molecule has 0 radical (unpaired) electrons. The Balaban J connectivity index is 1.72. The van der Waals surface area contributed by atoms with Gasteiger partial charge in [0, 0.05) is 18.6 Å². The van der Waals surface area contributed by atoms with Crippen molar-refractivity contribution in [1.82, 2.24) is 10.2 Å². The molecule has 1 N–H and O–H groups in total. The SMILES string of the molecule is COc1ccc(CN(C)C(C)CCNC2CC2)cc1. The lowest BCUT2D eigenvalue weighted by atomic mass is 10.1. The van der Waals surface area contributed by atoms with Crippen LogP contribution in [0, 0.1) is 0 Å². The van der Waals surface area contributed by atoms with Crippen molar-refractivity contribution in [3.05, 3.63) is 29.8 Å². The molecule has 0 saturated heterocycles. The molecule has 3 heteroatoms. The van der Waals surface area contributed by atoms with E-state index in [0.29, 0.717) is 6.04 Å². The summed E-state index contributed by atoms with van der Waals surface area (Å²) in [5.41, 5.74) is 1.34. The summed E-state index contributed by atoms with van der Waals surface area (Å²) < 4.78 is 5.18. The van der Waals surface area contributed by atoms with Crippen LogP contribution < -0.4 is 10.1 Å². The number of benzene rings is 1. The van der Waals surface area contributed by atoms with Crippen LogP contribution in [0.15, 0.2) is 24.3 Å². The van der Waals surface area contributed by atoms with Gasteiger partial charge in [0.25, 0.3) is 0 Å². The van der Waals surface area contributed by atoms with E-state index in [4.69, 9.17) is 4.74 Å². The second-order valence-electron chi connectivity index (χ2n) is 5.63. The van der Waals surface area contributed by atoms with Crippen molar-refractivity contribution in [2.75, 3.05) is 20.7 Å². The highest BCUT2D eigenvalue weighted by Gasteiger charge is 2.20. The maximum Gasteiger partial charge on any atom is 0.118 e. The van der Waals surface area contributed by atoms with Gasteiger partial charge in [0.15, 0.2) is 0 Å². The van der Waals surface area contributed by atoms with Crippen LogP contribution in [0.1, 0.15) is 31.7 Å². The fourth-order valence-corrected chi connectivity index (χ4v) is 2.18. The summed E-state index contributed by atoms with van der Waals surface area (Å²) in [4.78, 5) is 2.41. The lowest BCUT2D eigenvalue weighted by Crippen LogP contribution is -2.32. The summed E-state index contributed by atoms with van der Waals surface area (Å²) in [6, 6.07) is 9.77. The Bertz CT molecular complexity index is 373. The van der Waals surface area contributed by atoms with Crippen molar-refractivity contribution >= 4 is 0 Å². The minimum absolute atomic E-state index is 0.605. The second-order valence-corrected chi connectivity index (χ2v) is 5.63. The maximum absolute atomic E-state index is 5.18. The van der Waals surface area contributed by atoms with Crippen LogP contribution in [-0.4, -0.2) is 37.7 Å². The Kier molecular flexibility index (Phi) is 5.23. The Morgan fingerprint density at radius 1 is 1.32 bits per heavy atom. The summed E-state index contributed by atoms with van der Waals surface area (Å²) in [6.07, 6.45) is 3.95. The number of ether oxygens (including phenoxy) is 1. The van der Waals surface area contributed by atoms with Crippen LogP contribution >= 0.6 is 0 Å². The van der Waals surface area contributed by atoms with Gasteiger partial charge in [-0.25, -0.2) is 0 Å². The van der Waals surface area contributed by atoms with E-state index in [1.54, 1.807) is 7.11 Å². The van der Waals surface area contributed by atoms with Gasteiger partial charge in [-0.05, 0) is 57.5 Å². The van der Waals surface area contributed by atoms with Gasteiger partial charge in [-0.15, -0.1) is 0 Å². The largest absolute Gasteiger partial charge is 0.497 e. The van der Waals surface area contributed by atoms with Crippen molar-refractivity contribution in [3.8, 4) is 5.75 Å². The second kappa shape index (κ2) is 6.92. The summed E-state index contributed by atoms with van der Waals surface area (Å²) in [5.74, 6) is 0.924. The minimum Gasteiger partial charge on any atom is -0.497 e. The molecule has 1 unspecified atom stereocenters. The lowest BCUT2D eigenvalue weighted by Gasteiger charge is -2.25. The van der Waals surface area contributed by atoms with Crippen LogP contribution in [0.5, 0.6) is 5.75 Å². The molecule has 1 aromatic rings. The van der Waals surface area contributed by atoms with Crippen LogP contribution in [0.25, 0.3) is 0 Å². The Labute approximate surface area is 116 Å². The topological polar surface area (TPSA) is 24.5 Å². The quantitative estimate of drug-likeness (QED) is 0.779. The zero-order valence-electron chi connectivity index (χ0n) is 12.4. The van der Waals surface area contributed by atoms with Crippen molar-refractivity contribution in [1.29, 1.82) is 0 Å². The first kappa shape index (κ1) is 14.4. The molecular weight excluding hydrogens is 236 g/mol. The standard InChI is InChI=1S/C16H26N2O/c1-13(10-11-17-15-6-7-15)18(2)12-14-4-8-16(19-3)9-5-14/h4-5,8-9,13,15,17H,6-7,10-12H2,1-3H3. The van der Waals surface area contributed by atoms with Gasteiger partial charge in [-0.2, -0.15) is 0 Å². The predicted octanol–water partition coefficient (Wildman–Crippen LogP) is 2.66. The number of methoxy groups -OCH3 is 1. The monoisotopic (exact) mass is 262 g/mol. The van der Waals surface area contributed by atoms with Crippen LogP contribution in [0.3, 0.4) is 0 Å². The maximum atomic E-state index is 5.18. The van der Waals surface area contributed by atoms with Crippen molar-refractivity contribution in [2.24, 2.45) is 0 Å². The highest BCUT2D eigenvalue weighted by atomic mass is 16.5. The number of hydrogen-bond acceptors (Lipinski definition) is 3. The summed E-state index contributed by atoms with van der Waals surface area (Å²) in [6.45, 7) is 4.44. The molecule has 19 heavy (non-hydrogen) atoms. The van der Waals surface area contributed by atoms with Gasteiger partial charge >= 0.3 is 0 Å². The highest BCUT2D eigenvalue weighted by molar-refractivity contribution is 5.27. The molecule has 2 rings (SSSR count). The van der Waals surface area contributed by atoms with E-state index in [9.17, 15) is 0 Å². The molecule has 1 aliphatic carbocycles. The van der Waals surface area contributed by atoms with E-state index < -0.39 is 0 Å². The number of rotatable bonds is 8. The first-order valence-electron chi connectivity index (χ1n) is 7.25. The Morgan fingerprint density at radius 3 is 2.58 bits per heavy atom. The van der Waals surface area contributed by atoms with Gasteiger partial charge < -0.3 is 10.1 Å². The Hall–Kier alpha value is -1.06. The molecular formula is C16H26N2O.